The number of fused-ring (bicyclic) bond motifs is 1. The van der Waals surface area contributed by atoms with Gasteiger partial charge in [-0.05, 0) is 44.5 Å². The van der Waals surface area contributed by atoms with Crippen LogP contribution in [0.5, 0.6) is 0 Å². The smallest absolute Gasteiger partial charge is 0.162 e. The van der Waals surface area contributed by atoms with Crippen molar-refractivity contribution in [3.63, 3.8) is 0 Å². The predicted molar refractivity (Wildman–Crippen MR) is 66.2 cm³/mol. The van der Waals surface area contributed by atoms with Gasteiger partial charge in [0.2, 0.25) is 0 Å². The molecule has 1 aromatic carbocycles. The van der Waals surface area contributed by atoms with Gasteiger partial charge in [-0.1, -0.05) is 11.6 Å². The van der Waals surface area contributed by atoms with Crippen LogP contribution in [-0.4, -0.2) is 10.8 Å². The topological polar surface area (TPSA) is 30.0 Å². The Kier molecular flexibility index (Phi) is 2.68. The van der Waals surface area contributed by atoms with E-state index in [9.17, 15) is 4.79 Å². The summed E-state index contributed by atoms with van der Waals surface area (Å²) in [5.41, 5.74) is 3.18. The van der Waals surface area contributed by atoms with Gasteiger partial charge in [-0.15, -0.1) is 0 Å². The Morgan fingerprint density at radius 3 is 2.56 bits per heavy atom. The predicted octanol–water partition coefficient (Wildman–Crippen LogP) is 3.71. The Morgan fingerprint density at radius 1 is 1.25 bits per heavy atom. The summed E-state index contributed by atoms with van der Waals surface area (Å²) < 4.78 is 0. The van der Waals surface area contributed by atoms with Crippen LogP contribution in [0.2, 0.25) is 5.02 Å². The first-order valence-electron chi connectivity index (χ1n) is 5.07. The zero-order valence-corrected chi connectivity index (χ0v) is 10.2. The van der Waals surface area contributed by atoms with Gasteiger partial charge in [0.25, 0.3) is 0 Å². The second-order valence-corrected chi connectivity index (χ2v) is 4.42. The third-order valence-electron chi connectivity index (χ3n) is 2.51. The third kappa shape index (κ3) is 1.81. The molecule has 1 heterocycles. The molecule has 0 amide bonds. The van der Waals surface area contributed by atoms with E-state index in [1.165, 1.54) is 0 Å². The molecule has 0 aliphatic rings. The van der Waals surface area contributed by atoms with Crippen LogP contribution in [0.15, 0.2) is 18.2 Å². The van der Waals surface area contributed by atoms with Crippen LogP contribution in [0.25, 0.3) is 10.9 Å². The van der Waals surface area contributed by atoms with E-state index in [1.54, 1.807) is 6.92 Å². The average Bonchev–Trinajstić information content (AvgIpc) is 2.18. The molecule has 0 spiro atoms. The minimum absolute atomic E-state index is 0.0165. The van der Waals surface area contributed by atoms with E-state index in [-0.39, 0.29) is 5.78 Å². The first kappa shape index (κ1) is 11.1. The van der Waals surface area contributed by atoms with Gasteiger partial charge < -0.3 is 0 Å². The molecule has 2 aromatic rings. The van der Waals surface area contributed by atoms with Gasteiger partial charge >= 0.3 is 0 Å². The molecule has 0 radical (unpaired) electrons. The summed E-state index contributed by atoms with van der Waals surface area (Å²) in [6, 6.07) is 5.62. The van der Waals surface area contributed by atoms with Gasteiger partial charge in [-0.3, -0.25) is 9.78 Å². The lowest BCUT2D eigenvalue weighted by atomic mass is 10.0. The molecule has 1 aromatic heterocycles. The number of benzene rings is 1. The maximum atomic E-state index is 11.6. The Morgan fingerprint density at radius 2 is 1.94 bits per heavy atom. The Hall–Kier alpha value is -1.41. The SMILES string of the molecule is CC(=O)c1cc(C)cc2c(Cl)cc(C)nc12. The van der Waals surface area contributed by atoms with E-state index in [2.05, 4.69) is 4.98 Å². The number of aromatic nitrogens is 1. The van der Waals surface area contributed by atoms with Crippen LogP contribution in [0.3, 0.4) is 0 Å². The van der Waals surface area contributed by atoms with Gasteiger partial charge in [0.15, 0.2) is 5.78 Å². The summed E-state index contributed by atoms with van der Waals surface area (Å²) >= 11 is 6.16. The first-order valence-corrected chi connectivity index (χ1v) is 5.45. The maximum Gasteiger partial charge on any atom is 0.162 e. The molecule has 3 heteroatoms. The lowest BCUT2D eigenvalue weighted by Gasteiger charge is -2.07. The molecule has 16 heavy (non-hydrogen) atoms. The summed E-state index contributed by atoms with van der Waals surface area (Å²) in [6.07, 6.45) is 0. The first-order chi connectivity index (χ1) is 7.49. The van der Waals surface area contributed by atoms with Crippen molar-refractivity contribution in [1.29, 1.82) is 0 Å². The maximum absolute atomic E-state index is 11.6. The second-order valence-electron chi connectivity index (χ2n) is 4.01. The molecule has 0 fully saturated rings. The average molecular weight is 234 g/mol. The monoisotopic (exact) mass is 233 g/mol. The zero-order valence-electron chi connectivity index (χ0n) is 9.47. The van der Waals surface area contributed by atoms with E-state index in [4.69, 9.17) is 11.6 Å². The number of halogens is 1. The molecule has 82 valence electrons. The van der Waals surface area contributed by atoms with Crippen molar-refractivity contribution in [3.8, 4) is 0 Å². The van der Waals surface area contributed by atoms with Crippen molar-refractivity contribution < 1.29 is 4.79 Å². The molecule has 0 unspecified atom stereocenters. The summed E-state index contributed by atoms with van der Waals surface area (Å²) in [4.78, 5) is 15.9. The highest BCUT2D eigenvalue weighted by Gasteiger charge is 2.11. The molecule has 0 saturated heterocycles. The molecular formula is C13H12ClNO. The number of hydrogen-bond acceptors (Lipinski definition) is 2. The fourth-order valence-electron chi connectivity index (χ4n) is 1.82. The number of rotatable bonds is 1. The Bertz CT molecular complexity index is 590. The lowest BCUT2D eigenvalue weighted by Crippen LogP contribution is -1.98. The summed E-state index contributed by atoms with van der Waals surface area (Å²) in [7, 11) is 0. The van der Waals surface area contributed by atoms with E-state index in [0.717, 1.165) is 16.6 Å². The standard InChI is InChI=1S/C13H12ClNO/c1-7-4-10(9(3)16)13-11(5-7)12(14)6-8(2)15-13/h4-6H,1-3H3. The van der Waals surface area contributed by atoms with Crippen molar-refractivity contribution in [1.82, 2.24) is 4.98 Å². The van der Waals surface area contributed by atoms with Crippen LogP contribution in [0.1, 0.15) is 28.5 Å². The molecule has 0 aliphatic heterocycles. The van der Waals surface area contributed by atoms with Crippen molar-refractivity contribution in [2.24, 2.45) is 0 Å². The number of ketones is 1. The number of hydrogen-bond donors (Lipinski definition) is 0. The normalized spacial score (nSPS) is 10.8. The van der Waals surface area contributed by atoms with Crippen LogP contribution in [0.4, 0.5) is 0 Å². The van der Waals surface area contributed by atoms with Crippen LogP contribution >= 0.6 is 11.6 Å². The quantitative estimate of drug-likeness (QED) is 0.703. The van der Waals surface area contributed by atoms with Crippen molar-refractivity contribution >= 4 is 28.3 Å². The zero-order chi connectivity index (χ0) is 11.9. The van der Waals surface area contributed by atoms with Gasteiger partial charge in [0, 0.05) is 16.6 Å². The Balaban J connectivity index is 2.95. The van der Waals surface area contributed by atoms with Crippen molar-refractivity contribution in [2.75, 3.05) is 0 Å². The minimum atomic E-state index is 0.0165. The largest absolute Gasteiger partial charge is 0.294 e. The number of carbonyl (C=O) groups is 1. The van der Waals surface area contributed by atoms with Crippen LogP contribution < -0.4 is 0 Å². The second kappa shape index (κ2) is 3.87. The Labute approximate surface area is 99.3 Å². The number of aryl methyl sites for hydroxylation is 2. The molecule has 2 nitrogen and oxygen atoms in total. The van der Waals surface area contributed by atoms with Crippen molar-refractivity contribution in [3.05, 3.63) is 40.0 Å². The number of Topliss-reactive ketones (excluding diaryl/α,β-unsaturated/α-hetero) is 1. The lowest BCUT2D eigenvalue weighted by molar-refractivity contribution is 0.101. The van der Waals surface area contributed by atoms with E-state index in [1.807, 2.05) is 32.0 Å². The summed E-state index contributed by atoms with van der Waals surface area (Å²) in [6.45, 7) is 5.36. The molecule has 0 aliphatic carbocycles. The summed E-state index contributed by atoms with van der Waals surface area (Å²) in [5, 5.41) is 1.49. The molecule has 0 N–H and O–H groups in total. The van der Waals surface area contributed by atoms with Crippen LogP contribution in [0, 0.1) is 13.8 Å². The van der Waals surface area contributed by atoms with E-state index in [0.29, 0.717) is 16.1 Å². The summed E-state index contributed by atoms with van der Waals surface area (Å²) in [5.74, 6) is 0.0165. The fourth-order valence-corrected chi connectivity index (χ4v) is 2.12. The highest BCUT2D eigenvalue weighted by atomic mass is 35.5. The number of nitrogens with zero attached hydrogens (tertiary/aromatic N) is 1. The number of carbonyl (C=O) groups excluding carboxylic acids is 1. The van der Waals surface area contributed by atoms with E-state index >= 15 is 0 Å². The van der Waals surface area contributed by atoms with Gasteiger partial charge in [0.05, 0.1) is 10.5 Å². The van der Waals surface area contributed by atoms with Gasteiger partial charge in [-0.2, -0.15) is 0 Å². The number of pyridine rings is 1. The highest BCUT2D eigenvalue weighted by molar-refractivity contribution is 6.35. The fraction of sp³-hybridized carbons (Fsp3) is 0.231. The van der Waals surface area contributed by atoms with Crippen molar-refractivity contribution in [2.45, 2.75) is 20.8 Å². The minimum Gasteiger partial charge on any atom is -0.294 e. The van der Waals surface area contributed by atoms with E-state index < -0.39 is 0 Å². The molecule has 0 bridgehead atoms. The van der Waals surface area contributed by atoms with Gasteiger partial charge in [-0.25, -0.2) is 0 Å². The third-order valence-corrected chi connectivity index (χ3v) is 2.83. The molecule has 2 rings (SSSR count). The molecule has 0 atom stereocenters. The van der Waals surface area contributed by atoms with Crippen LogP contribution in [-0.2, 0) is 0 Å². The molecular weight excluding hydrogens is 222 g/mol. The highest BCUT2D eigenvalue weighted by Crippen LogP contribution is 2.27. The molecule has 0 saturated carbocycles. The van der Waals surface area contributed by atoms with Gasteiger partial charge in [0.1, 0.15) is 0 Å².